The molecule has 0 radical (unpaired) electrons. The van der Waals surface area contributed by atoms with E-state index < -0.39 is 13.9 Å². The molecule has 106 valence electrons. The minimum absolute atomic E-state index is 0.574. The third kappa shape index (κ3) is 3.49. The average Bonchev–Trinajstić information content (AvgIpc) is 2.38. The van der Waals surface area contributed by atoms with E-state index in [1.54, 1.807) is 5.57 Å². The van der Waals surface area contributed by atoms with E-state index in [1.165, 1.54) is 44.1 Å². The lowest BCUT2D eigenvalue weighted by Gasteiger charge is -2.40. The van der Waals surface area contributed by atoms with Crippen molar-refractivity contribution in [1.29, 1.82) is 5.26 Å². The number of hydrogen-bond donors (Lipinski definition) is 0. The molecule has 0 aromatic rings. The monoisotopic (exact) mass is 277 g/mol. The largest absolute Gasteiger partial charge is 0.397 e. The standard InChI is InChI=1S/C16H27NOSi/c1-19(2,3)18-16(13-17)12-8-7-11-15(16)14-9-5-4-6-10-14/h4-12H2,1-3H3/t16-/m1/s1. The summed E-state index contributed by atoms with van der Waals surface area (Å²) in [5.41, 5.74) is 2.36. The molecule has 0 aromatic heterocycles. The Morgan fingerprint density at radius 2 is 1.63 bits per heavy atom. The fourth-order valence-corrected chi connectivity index (χ4v) is 4.87. The molecule has 0 saturated heterocycles. The lowest BCUT2D eigenvalue weighted by molar-refractivity contribution is 0.124. The van der Waals surface area contributed by atoms with Gasteiger partial charge >= 0.3 is 0 Å². The summed E-state index contributed by atoms with van der Waals surface area (Å²) in [5.74, 6) is 0. The second-order valence-electron chi connectivity index (χ2n) is 7.00. The Morgan fingerprint density at radius 1 is 1.00 bits per heavy atom. The first kappa shape index (κ1) is 14.8. The molecular weight excluding hydrogens is 250 g/mol. The van der Waals surface area contributed by atoms with Crippen molar-refractivity contribution in [2.75, 3.05) is 0 Å². The van der Waals surface area contributed by atoms with Crippen molar-refractivity contribution in [3.05, 3.63) is 11.1 Å². The van der Waals surface area contributed by atoms with Crippen LogP contribution in [-0.4, -0.2) is 13.9 Å². The van der Waals surface area contributed by atoms with Crippen molar-refractivity contribution in [3.8, 4) is 6.07 Å². The van der Waals surface area contributed by atoms with Gasteiger partial charge in [-0.3, -0.25) is 0 Å². The highest BCUT2D eigenvalue weighted by atomic mass is 28.4. The van der Waals surface area contributed by atoms with Gasteiger partial charge in [-0.15, -0.1) is 0 Å². The molecule has 2 rings (SSSR count). The molecule has 0 amide bonds. The van der Waals surface area contributed by atoms with E-state index in [0.717, 1.165) is 19.3 Å². The van der Waals surface area contributed by atoms with Gasteiger partial charge in [0.15, 0.2) is 13.9 Å². The Morgan fingerprint density at radius 3 is 2.21 bits per heavy atom. The molecule has 2 fully saturated rings. The van der Waals surface area contributed by atoms with Crippen LogP contribution in [0, 0.1) is 11.3 Å². The van der Waals surface area contributed by atoms with Gasteiger partial charge in [0.05, 0.1) is 0 Å². The Balaban J connectivity index is 2.34. The van der Waals surface area contributed by atoms with Gasteiger partial charge < -0.3 is 4.43 Å². The maximum atomic E-state index is 9.82. The lowest BCUT2D eigenvalue weighted by Crippen LogP contribution is -2.45. The summed E-state index contributed by atoms with van der Waals surface area (Å²) in [6.07, 6.45) is 10.7. The first-order valence-electron chi connectivity index (χ1n) is 7.80. The van der Waals surface area contributed by atoms with Crippen LogP contribution in [0.1, 0.15) is 57.8 Å². The Kier molecular flexibility index (Phi) is 4.53. The first-order valence-corrected chi connectivity index (χ1v) is 11.2. The third-order valence-corrected chi connectivity index (χ3v) is 5.20. The summed E-state index contributed by atoms with van der Waals surface area (Å²) in [4.78, 5) is 0. The normalized spacial score (nSPS) is 29.2. The lowest BCUT2D eigenvalue weighted by atomic mass is 9.75. The van der Waals surface area contributed by atoms with E-state index in [-0.39, 0.29) is 0 Å². The number of hydrogen-bond acceptors (Lipinski definition) is 2. The van der Waals surface area contributed by atoms with Gasteiger partial charge in [-0.25, -0.2) is 0 Å². The second kappa shape index (κ2) is 5.81. The van der Waals surface area contributed by atoms with Crippen LogP contribution in [0.15, 0.2) is 11.1 Å². The van der Waals surface area contributed by atoms with Crippen molar-refractivity contribution >= 4 is 8.32 Å². The van der Waals surface area contributed by atoms with Gasteiger partial charge in [-0.05, 0) is 76.6 Å². The van der Waals surface area contributed by atoms with Crippen LogP contribution in [0.5, 0.6) is 0 Å². The van der Waals surface area contributed by atoms with E-state index in [0.29, 0.717) is 0 Å². The smallest absolute Gasteiger partial charge is 0.186 e. The molecule has 0 bridgehead atoms. The fraction of sp³-hybridized carbons (Fsp3) is 0.812. The van der Waals surface area contributed by atoms with Gasteiger partial charge in [-0.2, -0.15) is 5.26 Å². The molecule has 0 spiro atoms. The van der Waals surface area contributed by atoms with E-state index in [9.17, 15) is 5.26 Å². The van der Waals surface area contributed by atoms with E-state index >= 15 is 0 Å². The highest BCUT2D eigenvalue weighted by Gasteiger charge is 2.42. The molecular formula is C16H27NOSi. The molecule has 2 aliphatic rings. The number of rotatable bonds is 2. The average molecular weight is 277 g/mol. The Labute approximate surface area is 119 Å². The molecule has 1 atom stereocenters. The summed E-state index contributed by atoms with van der Waals surface area (Å²) in [7, 11) is -1.70. The van der Waals surface area contributed by atoms with Crippen LogP contribution in [0.3, 0.4) is 0 Å². The van der Waals surface area contributed by atoms with Crippen molar-refractivity contribution in [3.63, 3.8) is 0 Å². The van der Waals surface area contributed by atoms with Gasteiger partial charge in [-0.1, -0.05) is 12.0 Å². The van der Waals surface area contributed by atoms with Crippen LogP contribution >= 0.6 is 0 Å². The Hall–Kier alpha value is -0.593. The van der Waals surface area contributed by atoms with Crippen molar-refractivity contribution in [2.45, 2.75) is 83.0 Å². The molecule has 0 unspecified atom stereocenters. The molecule has 2 saturated carbocycles. The van der Waals surface area contributed by atoms with Crippen LogP contribution in [0.2, 0.25) is 19.6 Å². The van der Waals surface area contributed by atoms with Crippen LogP contribution < -0.4 is 0 Å². The molecule has 0 N–H and O–H groups in total. The highest BCUT2D eigenvalue weighted by molar-refractivity contribution is 6.69. The fourth-order valence-electron chi connectivity index (χ4n) is 3.55. The molecule has 0 aliphatic heterocycles. The van der Waals surface area contributed by atoms with Gasteiger partial charge in [0.1, 0.15) is 6.07 Å². The molecule has 0 heterocycles. The summed E-state index contributed by atoms with van der Waals surface area (Å²) < 4.78 is 6.40. The zero-order valence-corrected chi connectivity index (χ0v) is 13.7. The molecule has 19 heavy (non-hydrogen) atoms. The van der Waals surface area contributed by atoms with Crippen LogP contribution in [-0.2, 0) is 4.43 Å². The minimum atomic E-state index is -1.70. The number of allylic oxidation sites excluding steroid dienone is 1. The number of nitrogens with zero attached hydrogens (tertiary/aromatic N) is 1. The zero-order valence-electron chi connectivity index (χ0n) is 12.7. The van der Waals surface area contributed by atoms with Gasteiger partial charge in [0, 0.05) is 0 Å². The highest BCUT2D eigenvalue weighted by Crippen LogP contribution is 2.42. The summed E-state index contributed by atoms with van der Waals surface area (Å²) >= 11 is 0. The summed E-state index contributed by atoms with van der Waals surface area (Å²) in [6.45, 7) is 6.59. The SMILES string of the molecule is C[Si](C)(C)O[C@@]1(C#N)CCCCC1=C1CCCCC1. The van der Waals surface area contributed by atoms with Crippen LogP contribution in [0.4, 0.5) is 0 Å². The molecule has 2 aliphatic carbocycles. The van der Waals surface area contributed by atoms with Gasteiger partial charge in [0.2, 0.25) is 0 Å². The van der Waals surface area contributed by atoms with Crippen molar-refractivity contribution < 1.29 is 4.43 Å². The zero-order chi connectivity index (χ0) is 13.9. The second-order valence-corrected chi connectivity index (χ2v) is 11.4. The Bertz CT molecular complexity index is 394. The predicted octanol–water partition coefficient (Wildman–Crippen LogP) is 4.93. The van der Waals surface area contributed by atoms with E-state index in [1.807, 2.05) is 0 Å². The third-order valence-electron chi connectivity index (χ3n) is 4.24. The molecule has 2 nitrogen and oxygen atoms in total. The van der Waals surface area contributed by atoms with Gasteiger partial charge in [0.25, 0.3) is 0 Å². The van der Waals surface area contributed by atoms with Crippen molar-refractivity contribution in [2.24, 2.45) is 0 Å². The topological polar surface area (TPSA) is 33.0 Å². The predicted molar refractivity (Wildman–Crippen MR) is 81.4 cm³/mol. The summed E-state index contributed by atoms with van der Waals surface area (Å²) in [6, 6.07) is 2.58. The maximum absolute atomic E-state index is 9.82. The first-order chi connectivity index (χ1) is 8.97. The molecule has 0 aromatic carbocycles. The maximum Gasteiger partial charge on any atom is 0.186 e. The quantitative estimate of drug-likeness (QED) is 0.529. The minimum Gasteiger partial charge on any atom is -0.397 e. The van der Waals surface area contributed by atoms with E-state index in [2.05, 4.69) is 25.7 Å². The summed E-state index contributed by atoms with van der Waals surface area (Å²) in [5, 5.41) is 9.82. The van der Waals surface area contributed by atoms with Crippen LogP contribution in [0.25, 0.3) is 0 Å². The van der Waals surface area contributed by atoms with Crippen molar-refractivity contribution in [1.82, 2.24) is 0 Å². The molecule has 3 heteroatoms. The van der Waals surface area contributed by atoms with E-state index in [4.69, 9.17) is 4.43 Å². The number of nitriles is 1.